The zero-order valence-electron chi connectivity index (χ0n) is 13.3. The maximum Gasteiger partial charge on any atom is 0.240 e. The number of amides is 1. The number of likely N-dealkylation sites (tertiary alicyclic amines) is 1. The van der Waals surface area contributed by atoms with Crippen LogP contribution in [0.25, 0.3) is 0 Å². The van der Waals surface area contributed by atoms with Gasteiger partial charge in [-0.05, 0) is 37.1 Å². The molecule has 1 aromatic rings. The lowest BCUT2D eigenvalue weighted by molar-refractivity contribution is -0.134. The average molecular weight is 320 g/mol. The van der Waals surface area contributed by atoms with Crippen molar-refractivity contribution >= 4 is 17.7 Å². The molecule has 4 nitrogen and oxygen atoms in total. The number of benzene rings is 1. The summed E-state index contributed by atoms with van der Waals surface area (Å²) in [6.45, 7) is 5.82. The fourth-order valence-electron chi connectivity index (χ4n) is 2.95. The second kappa shape index (κ2) is 6.92. The summed E-state index contributed by atoms with van der Waals surface area (Å²) in [5.74, 6) is 3.00. The number of carbonyl (C=O) groups excluding carboxylic acids is 1. The van der Waals surface area contributed by atoms with E-state index in [4.69, 9.17) is 4.74 Å². The molecule has 2 aliphatic heterocycles. The van der Waals surface area contributed by atoms with Crippen molar-refractivity contribution in [2.24, 2.45) is 0 Å². The van der Waals surface area contributed by atoms with Gasteiger partial charge in [-0.1, -0.05) is 6.07 Å². The molecule has 120 valence electrons. The predicted octanol–water partition coefficient (Wildman–Crippen LogP) is 2.34. The van der Waals surface area contributed by atoms with Crippen molar-refractivity contribution < 1.29 is 9.53 Å². The fraction of sp³-hybridized carbons (Fsp3) is 0.588. The molecule has 3 rings (SSSR count). The van der Waals surface area contributed by atoms with Crippen molar-refractivity contribution in [3.63, 3.8) is 0 Å². The van der Waals surface area contributed by atoms with Crippen LogP contribution in [-0.2, 0) is 4.79 Å². The molecule has 0 aromatic heterocycles. The highest BCUT2D eigenvalue weighted by Crippen LogP contribution is 2.22. The number of ether oxygens (including phenoxy) is 1. The van der Waals surface area contributed by atoms with Crippen molar-refractivity contribution in [2.45, 2.75) is 38.8 Å². The van der Waals surface area contributed by atoms with Crippen molar-refractivity contribution in [1.29, 1.82) is 0 Å². The number of carbonyl (C=O) groups is 1. The molecule has 5 heteroatoms. The molecule has 2 heterocycles. The second-order valence-electron chi connectivity index (χ2n) is 6.16. The highest BCUT2D eigenvalue weighted by molar-refractivity contribution is 7.99. The highest BCUT2D eigenvalue weighted by atomic mass is 32.2. The highest BCUT2D eigenvalue weighted by Gasteiger charge is 2.30. The minimum atomic E-state index is 0.0159. The van der Waals surface area contributed by atoms with Crippen LogP contribution < -0.4 is 10.1 Å². The molecule has 1 amide bonds. The average Bonchev–Trinajstić information content (AvgIpc) is 3.05. The van der Waals surface area contributed by atoms with E-state index in [-0.39, 0.29) is 18.1 Å². The Morgan fingerprint density at radius 1 is 1.27 bits per heavy atom. The van der Waals surface area contributed by atoms with Crippen LogP contribution in [0.3, 0.4) is 0 Å². The zero-order chi connectivity index (χ0) is 15.5. The van der Waals surface area contributed by atoms with Gasteiger partial charge >= 0.3 is 0 Å². The molecular weight excluding hydrogens is 296 g/mol. The fourth-order valence-corrected chi connectivity index (χ4v) is 3.88. The molecule has 0 spiro atoms. The Hall–Kier alpha value is -1.20. The molecule has 1 atom stereocenters. The second-order valence-corrected chi connectivity index (χ2v) is 7.19. The Balaban J connectivity index is 1.51. The molecule has 2 fully saturated rings. The van der Waals surface area contributed by atoms with E-state index in [0.29, 0.717) is 0 Å². The van der Waals surface area contributed by atoms with E-state index >= 15 is 0 Å². The van der Waals surface area contributed by atoms with Gasteiger partial charge in [-0.15, -0.1) is 11.8 Å². The number of hydrogen-bond acceptors (Lipinski definition) is 4. The van der Waals surface area contributed by atoms with E-state index in [1.165, 1.54) is 11.1 Å². The first-order chi connectivity index (χ1) is 10.6. The summed E-state index contributed by atoms with van der Waals surface area (Å²) in [7, 11) is 0. The van der Waals surface area contributed by atoms with Gasteiger partial charge < -0.3 is 9.64 Å². The minimum Gasteiger partial charge on any atom is -0.490 e. The summed E-state index contributed by atoms with van der Waals surface area (Å²) in [6.07, 6.45) is 2.05. The first-order valence-electron chi connectivity index (χ1n) is 7.97. The van der Waals surface area contributed by atoms with Crippen LogP contribution in [0.4, 0.5) is 0 Å². The molecule has 0 bridgehead atoms. The monoisotopic (exact) mass is 320 g/mol. The Morgan fingerprint density at radius 2 is 2.05 bits per heavy atom. The number of aryl methyl sites for hydroxylation is 2. The molecule has 2 saturated heterocycles. The van der Waals surface area contributed by atoms with Gasteiger partial charge in [0.25, 0.3) is 0 Å². The number of thioether (sulfide) groups is 1. The molecule has 1 aromatic carbocycles. The summed E-state index contributed by atoms with van der Waals surface area (Å²) < 4.78 is 6.09. The number of hydrogen-bond donors (Lipinski definition) is 1. The molecule has 22 heavy (non-hydrogen) atoms. The molecule has 0 saturated carbocycles. The number of rotatable bonds is 3. The van der Waals surface area contributed by atoms with Crippen LogP contribution in [0, 0.1) is 13.8 Å². The number of nitrogens with zero attached hydrogens (tertiary/aromatic N) is 1. The lowest BCUT2D eigenvalue weighted by Crippen LogP contribution is -2.49. The number of nitrogens with one attached hydrogen (secondary N) is 1. The van der Waals surface area contributed by atoms with Crippen LogP contribution in [-0.4, -0.2) is 47.7 Å². The van der Waals surface area contributed by atoms with Gasteiger partial charge in [-0.2, -0.15) is 0 Å². The van der Waals surface area contributed by atoms with Crippen LogP contribution >= 0.6 is 11.8 Å². The van der Waals surface area contributed by atoms with E-state index in [2.05, 4.69) is 31.3 Å². The lowest BCUT2D eigenvalue weighted by Gasteiger charge is -2.33. The van der Waals surface area contributed by atoms with Gasteiger partial charge in [0.1, 0.15) is 11.9 Å². The van der Waals surface area contributed by atoms with E-state index in [9.17, 15) is 4.79 Å². The van der Waals surface area contributed by atoms with Crippen LogP contribution in [0.1, 0.15) is 24.0 Å². The molecule has 1 N–H and O–H groups in total. The Labute approximate surface area is 136 Å². The quantitative estimate of drug-likeness (QED) is 0.928. The zero-order valence-corrected chi connectivity index (χ0v) is 14.1. The van der Waals surface area contributed by atoms with Crippen molar-refractivity contribution in [3.05, 3.63) is 29.3 Å². The third-order valence-corrected chi connectivity index (χ3v) is 5.49. The lowest BCUT2D eigenvalue weighted by atomic mass is 10.1. The SMILES string of the molecule is Cc1ccc(OC2CCN(C(=O)C3CSCN3)CC2)cc1C. The van der Waals surface area contributed by atoms with Crippen molar-refractivity contribution in [3.8, 4) is 5.75 Å². The number of piperidine rings is 1. The summed E-state index contributed by atoms with van der Waals surface area (Å²) in [4.78, 5) is 14.3. The van der Waals surface area contributed by atoms with E-state index < -0.39 is 0 Å². The molecule has 1 unspecified atom stereocenters. The topological polar surface area (TPSA) is 41.6 Å². The van der Waals surface area contributed by atoms with Gasteiger partial charge in [0, 0.05) is 37.6 Å². The molecule has 2 aliphatic rings. The van der Waals surface area contributed by atoms with Gasteiger partial charge in [-0.3, -0.25) is 10.1 Å². The van der Waals surface area contributed by atoms with Gasteiger partial charge in [0.15, 0.2) is 0 Å². The molecular formula is C17H24N2O2S. The van der Waals surface area contributed by atoms with Crippen molar-refractivity contribution in [2.75, 3.05) is 24.7 Å². The third-order valence-electron chi connectivity index (χ3n) is 4.55. The van der Waals surface area contributed by atoms with E-state index in [1.54, 1.807) is 11.8 Å². The van der Waals surface area contributed by atoms with Gasteiger partial charge in [0.2, 0.25) is 5.91 Å². The third kappa shape index (κ3) is 3.58. The normalized spacial score (nSPS) is 22.8. The van der Waals surface area contributed by atoms with E-state index in [1.807, 2.05) is 11.0 Å². The first kappa shape index (κ1) is 15.7. The summed E-state index contributed by atoms with van der Waals surface area (Å²) in [6, 6.07) is 6.26. The Kier molecular flexibility index (Phi) is 4.93. The van der Waals surface area contributed by atoms with Gasteiger partial charge in [0.05, 0.1) is 6.04 Å². The van der Waals surface area contributed by atoms with E-state index in [0.717, 1.165) is 43.3 Å². The van der Waals surface area contributed by atoms with Crippen LogP contribution in [0.15, 0.2) is 18.2 Å². The Bertz CT molecular complexity index is 535. The summed E-state index contributed by atoms with van der Waals surface area (Å²) in [5, 5.41) is 3.26. The summed E-state index contributed by atoms with van der Waals surface area (Å²) in [5.41, 5.74) is 2.55. The van der Waals surface area contributed by atoms with Crippen molar-refractivity contribution in [1.82, 2.24) is 10.2 Å². The van der Waals surface area contributed by atoms with Crippen LogP contribution in [0.5, 0.6) is 5.75 Å². The first-order valence-corrected chi connectivity index (χ1v) is 9.13. The predicted molar refractivity (Wildman–Crippen MR) is 90.4 cm³/mol. The standard InChI is InChI=1S/C17H24N2O2S/c1-12-3-4-15(9-13(12)2)21-14-5-7-19(8-6-14)17(20)16-10-22-11-18-16/h3-4,9,14,16,18H,5-8,10-11H2,1-2H3. The molecule has 0 aliphatic carbocycles. The van der Waals surface area contributed by atoms with Gasteiger partial charge in [-0.25, -0.2) is 0 Å². The van der Waals surface area contributed by atoms with Crippen LogP contribution in [0.2, 0.25) is 0 Å². The maximum absolute atomic E-state index is 12.4. The largest absolute Gasteiger partial charge is 0.490 e. The summed E-state index contributed by atoms with van der Waals surface area (Å²) >= 11 is 1.80. The smallest absolute Gasteiger partial charge is 0.240 e. The minimum absolute atomic E-state index is 0.0159. The molecule has 0 radical (unpaired) electrons. The maximum atomic E-state index is 12.4. The Morgan fingerprint density at radius 3 is 2.68 bits per heavy atom.